The molecule has 0 spiro atoms. The van der Waals surface area contributed by atoms with Crippen molar-refractivity contribution < 1.29 is 0 Å². The maximum Gasteiger partial charge on any atom is 0.193 e. The van der Waals surface area contributed by atoms with E-state index in [0.29, 0.717) is 17.4 Å². The molecule has 1 aromatic rings. The van der Waals surface area contributed by atoms with Crippen LogP contribution < -0.4 is 5.32 Å². The van der Waals surface area contributed by atoms with E-state index in [1.807, 2.05) is 19.6 Å². The average molecular weight is 289 g/mol. The normalized spacial score (nSPS) is 28.5. The molecule has 1 aliphatic heterocycles. The number of hydrogen-bond donors (Lipinski definition) is 1. The van der Waals surface area contributed by atoms with Crippen LogP contribution >= 0.6 is 0 Å². The highest BCUT2D eigenvalue weighted by molar-refractivity contribution is 5.80. The Morgan fingerprint density at radius 3 is 2.90 bits per heavy atom. The molecule has 0 bridgehead atoms. The fraction of sp³-hybridized carbons (Fsp3) is 0.750. The second-order valence-electron chi connectivity index (χ2n) is 7.00. The number of rotatable bonds is 3. The molecule has 1 N–H and O–H groups in total. The molecule has 3 rings (SSSR count). The van der Waals surface area contributed by atoms with E-state index in [1.54, 1.807) is 0 Å². The van der Waals surface area contributed by atoms with Crippen molar-refractivity contribution >= 4 is 5.96 Å². The lowest BCUT2D eigenvalue weighted by Gasteiger charge is -2.39. The molecule has 1 saturated heterocycles. The third-order valence-electron chi connectivity index (χ3n) is 5.11. The number of nitrogens with one attached hydrogen (secondary N) is 1. The summed E-state index contributed by atoms with van der Waals surface area (Å²) in [7, 11) is 1.89. The summed E-state index contributed by atoms with van der Waals surface area (Å²) in [6.45, 7) is 7.82. The minimum absolute atomic E-state index is 0.483. The summed E-state index contributed by atoms with van der Waals surface area (Å²) in [6, 6.07) is 0.483. The monoisotopic (exact) mass is 289 g/mol. The zero-order valence-corrected chi connectivity index (χ0v) is 13.4. The van der Waals surface area contributed by atoms with Crippen LogP contribution in [0.1, 0.15) is 39.2 Å². The van der Waals surface area contributed by atoms with Crippen LogP contribution in [0.5, 0.6) is 0 Å². The topological polar surface area (TPSA) is 45.5 Å². The molecule has 21 heavy (non-hydrogen) atoms. The zero-order valence-electron chi connectivity index (χ0n) is 13.4. The molecule has 1 aromatic heterocycles. The minimum atomic E-state index is 0.483. The molecule has 1 saturated carbocycles. The van der Waals surface area contributed by atoms with Crippen molar-refractivity contribution in [2.45, 2.75) is 39.2 Å². The van der Waals surface area contributed by atoms with Gasteiger partial charge in [0.15, 0.2) is 5.96 Å². The lowest BCUT2D eigenvalue weighted by Crippen LogP contribution is -2.49. The second kappa shape index (κ2) is 5.70. The van der Waals surface area contributed by atoms with Gasteiger partial charge in [-0.25, -0.2) is 4.98 Å². The molecule has 2 fully saturated rings. The molecule has 0 aromatic carbocycles. The predicted octanol–water partition coefficient (Wildman–Crippen LogP) is 2.14. The highest BCUT2D eigenvalue weighted by Gasteiger charge is 2.37. The number of nitrogens with zero attached hydrogens (tertiary/aromatic N) is 4. The maximum absolute atomic E-state index is 4.49. The lowest BCUT2D eigenvalue weighted by molar-refractivity contribution is 0.188. The summed E-state index contributed by atoms with van der Waals surface area (Å²) in [6.07, 6.45) is 9.75. The van der Waals surface area contributed by atoms with E-state index in [9.17, 15) is 0 Å². The van der Waals surface area contributed by atoms with Crippen LogP contribution in [0.3, 0.4) is 0 Å². The van der Waals surface area contributed by atoms with Crippen molar-refractivity contribution in [3.8, 4) is 0 Å². The molecule has 0 amide bonds. The van der Waals surface area contributed by atoms with Crippen LogP contribution in [0.4, 0.5) is 0 Å². The van der Waals surface area contributed by atoms with Gasteiger partial charge in [0, 0.05) is 39.1 Å². The standard InChI is InChI=1S/C16H27N5/c1-13-4-8-20(10-14(13)21-9-7-18-12-21)15(17-3)19-11-16(2)5-6-16/h7,9,12-14H,4-6,8,10-11H2,1-3H3,(H,17,19). The van der Waals surface area contributed by atoms with Gasteiger partial charge in [-0.3, -0.25) is 4.99 Å². The number of aromatic nitrogens is 2. The Morgan fingerprint density at radius 2 is 2.29 bits per heavy atom. The van der Waals surface area contributed by atoms with Crippen molar-refractivity contribution in [2.75, 3.05) is 26.7 Å². The maximum atomic E-state index is 4.49. The number of likely N-dealkylation sites (tertiary alicyclic amines) is 1. The average Bonchev–Trinajstić information content (AvgIpc) is 3.01. The summed E-state index contributed by atoms with van der Waals surface area (Å²) in [4.78, 5) is 11.1. The first-order chi connectivity index (χ1) is 10.1. The van der Waals surface area contributed by atoms with E-state index in [4.69, 9.17) is 0 Å². The largest absolute Gasteiger partial charge is 0.356 e. The first-order valence-corrected chi connectivity index (χ1v) is 8.04. The van der Waals surface area contributed by atoms with Crippen molar-refractivity contribution in [1.29, 1.82) is 0 Å². The van der Waals surface area contributed by atoms with Gasteiger partial charge in [-0.15, -0.1) is 0 Å². The fourth-order valence-corrected chi connectivity index (χ4v) is 3.11. The highest BCUT2D eigenvalue weighted by Crippen LogP contribution is 2.44. The van der Waals surface area contributed by atoms with Gasteiger partial charge in [0.2, 0.25) is 0 Å². The number of imidazole rings is 1. The lowest BCUT2D eigenvalue weighted by atomic mass is 9.93. The van der Waals surface area contributed by atoms with E-state index < -0.39 is 0 Å². The Bertz CT molecular complexity index is 489. The Kier molecular flexibility index (Phi) is 3.91. The van der Waals surface area contributed by atoms with E-state index in [0.717, 1.165) is 25.6 Å². The van der Waals surface area contributed by atoms with E-state index in [1.165, 1.54) is 19.3 Å². The Labute approximate surface area is 127 Å². The van der Waals surface area contributed by atoms with E-state index >= 15 is 0 Å². The molecule has 2 atom stereocenters. The van der Waals surface area contributed by atoms with Gasteiger partial charge in [0.25, 0.3) is 0 Å². The van der Waals surface area contributed by atoms with Crippen molar-refractivity contribution in [1.82, 2.24) is 19.8 Å². The molecule has 0 radical (unpaired) electrons. The number of aliphatic imine (C=N–C) groups is 1. The summed E-state index contributed by atoms with van der Waals surface area (Å²) in [5.41, 5.74) is 0.503. The van der Waals surface area contributed by atoms with Crippen LogP contribution in [0.25, 0.3) is 0 Å². The number of piperidine rings is 1. The van der Waals surface area contributed by atoms with Crippen LogP contribution in [0.2, 0.25) is 0 Å². The van der Waals surface area contributed by atoms with Crippen LogP contribution in [0, 0.1) is 11.3 Å². The van der Waals surface area contributed by atoms with Crippen LogP contribution in [-0.2, 0) is 0 Å². The molecule has 5 nitrogen and oxygen atoms in total. The van der Waals surface area contributed by atoms with Gasteiger partial charge < -0.3 is 14.8 Å². The third kappa shape index (κ3) is 3.22. The molecule has 1 aliphatic carbocycles. The molecule has 5 heteroatoms. The second-order valence-corrected chi connectivity index (χ2v) is 7.00. The summed E-state index contributed by atoms with van der Waals surface area (Å²) in [5.74, 6) is 1.73. The smallest absolute Gasteiger partial charge is 0.193 e. The SMILES string of the molecule is CN=C(NCC1(C)CC1)N1CCC(C)C(n2ccnc2)C1. The Hall–Kier alpha value is -1.52. The van der Waals surface area contributed by atoms with Gasteiger partial charge in [0.05, 0.1) is 12.4 Å². The third-order valence-corrected chi connectivity index (χ3v) is 5.11. The van der Waals surface area contributed by atoms with Crippen LogP contribution in [-0.4, -0.2) is 47.1 Å². The quantitative estimate of drug-likeness (QED) is 0.685. The molecular formula is C16H27N5. The predicted molar refractivity (Wildman–Crippen MR) is 85.3 cm³/mol. The minimum Gasteiger partial charge on any atom is -0.356 e. The van der Waals surface area contributed by atoms with Gasteiger partial charge in [-0.05, 0) is 30.6 Å². The van der Waals surface area contributed by atoms with Crippen LogP contribution in [0.15, 0.2) is 23.7 Å². The van der Waals surface area contributed by atoms with Gasteiger partial charge in [0.1, 0.15) is 0 Å². The Morgan fingerprint density at radius 1 is 1.48 bits per heavy atom. The van der Waals surface area contributed by atoms with Crippen molar-refractivity contribution in [3.63, 3.8) is 0 Å². The van der Waals surface area contributed by atoms with Gasteiger partial charge in [-0.2, -0.15) is 0 Å². The highest BCUT2D eigenvalue weighted by atomic mass is 15.3. The molecule has 2 heterocycles. The summed E-state index contributed by atoms with van der Waals surface area (Å²) >= 11 is 0. The van der Waals surface area contributed by atoms with Gasteiger partial charge in [-0.1, -0.05) is 13.8 Å². The number of hydrogen-bond acceptors (Lipinski definition) is 2. The molecule has 2 unspecified atom stereocenters. The molecule has 116 valence electrons. The van der Waals surface area contributed by atoms with Gasteiger partial charge >= 0.3 is 0 Å². The van der Waals surface area contributed by atoms with E-state index in [2.05, 4.69) is 44.8 Å². The summed E-state index contributed by atoms with van der Waals surface area (Å²) in [5, 5.41) is 3.57. The van der Waals surface area contributed by atoms with Crippen molar-refractivity contribution in [3.05, 3.63) is 18.7 Å². The first kappa shape index (κ1) is 14.4. The summed E-state index contributed by atoms with van der Waals surface area (Å²) < 4.78 is 2.24. The molecule has 2 aliphatic rings. The fourth-order valence-electron chi connectivity index (χ4n) is 3.11. The molecular weight excluding hydrogens is 262 g/mol. The van der Waals surface area contributed by atoms with E-state index in [-0.39, 0.29) is 0 Å². The Balaban J connectivity index is 1.64. The first-order valence-electron chi connectivity index (χ1n) is 8.04. The number of guanidine groups is 1. The van der Waals surface area contributed by atoms with Crippen molar-refractivity contribution in [2.24, 2.45) is 16.3 Å². The zero-order chi connectivity index (χ0) is 14.9.